The number of carbonyl (C=O) groups is 1. The highest BCUT2D eigenvalue weighted by atomic mass is 19.4. The number of hydrogen-bond acceptors (Lipinski definition) is 6. The average molecular weight is 422 g/mol. The molecule has 4 rings (SSSR count). The summed E-state index contributed by atoms with van der Waals surface area (Å²) in [5, 5.41) is 3.17. The molecule has 30 heavy (non-hydrogen) atoms. The maximum Gasteiger partial charge on any atom is 0.471 e. The zero-order valence-electron chi connectivity index (χ0n) is 15.3. The third-order valence-corrected chi connectivity index (χ3v) is 4.51. The molecule has 0 aliphatic carbocycles. The molecule has 0 radical (unpaired) electrons. The van der Waals surface area contributed by atoms with Crippen molar-refractivity contribution in [3.63, 3.8) is 0 Å². The van der Waals surface area contributed by atoms with Crippen LogP contribution < -0.4 is 4.74 Å². The van der Waals surface area contributed by atoms with Crippen molar-refractivity contribution in [2.24, 2.45) is 0 Å². The summed E-state index contributed by atoms with van der Waals surface area (Å²) in [7, 11) is 0. The van der Waals surface area contributed by atoms with Crippen LogP contribution in [-0.4, -0.2) is 45.1 Å². The predicted octanol–water partition coefficient (Wildman–Crippen LogP) is 3.58. The topological polar surface area (TPSA) is 81.4 Å². The summed E-state index contributed by atoms with van der Waals surface area (Å²) in [5.74, 6) is -2.89. The average Bonchev–Trinajstić information content (AvgIpc) is 3.38. The minimum atomic E-state index is -4.81. The Morgan fingerprint density at radius 2 is 1.97 bits per heavy atom. The van der Waals surface area contributed by atoms with Crippen LogP contribution >= 0.6 is 0 Å². The van der Waals surface area contributed by atoms with Gasteiger partial charge in [-0.05, 0) is 24.3 Å². The molecule has 0 unspecified atom stereocenters. The van der Waals surface area contributed by atoms with Crippen LogP contribution in [0.1, 0.15) is 22.7 Å². The van der Waals surface area contributed by atoms with Gasteiger partial charge >= 0.3 is 12.1 Å². The van der Waals surface area contributed by atoms with Gasteiger partial charge in [0.15, 0.2) is 0 Å². The molecule has 1 saturated heterocycles. The number of hydrogen-bond donors (Lipinski definition) is 0. The van der Waals surface area contributed by atoms with E-state index in [4.69, 9.17) is 4.74 Å². The molecule has 3 heterocycles. The Balaban J connectivity index is 1.42. The van der Waals surface area contributed by atoms with Gasteiger partial charge in [-0.15, -0.1) is 0 Å². The lowest BCUT2D eigenvalue weighted by atomic mass is 10.2. The largest absolute Gasteiger partial charge is 0.488 e. The Morgan fingerprint density at radius 3 is 2.63 bits per heavy atom. The maximum absolute atomic E-state index is 14.4. The Labute approximate surface area is 167 Å². The smallest absolute Gasteiger partial charge is 0.471 e. The van der Waals surface area contributed by atoms with E-state index in [1.807, 2.05) is 0 Å². The normalized spacial score (nSPS) is 16.7. The van der Waals surface area contributed by atoms with Gasteiger partial charge in [-0.3, -0.25) is 9.78 Å². The van der Waals surface area contributed by atoms with Gasteiger partial charge in [-0.1, -0.05) is 5.16 Å². The number of nitrogens with zero attached hydrogens (tertiary/aromatic N) is 4. The van der Waals surface area contributed by atoms with Gasteiger partial charge in [0, 0.05) is 37.0 Å². The van der Waals surface area contributed by atoms with Crippen molar-refractivity contribution in [1.29, 1.82) is 0 Å². The highest BCUT2D eigenvalue weighted by molar-refractivity contribution is 5.94. The van der Waals surface area contributed by atoms with E-state index in [-0.39, 0.29) is 23.3 Å². The van der Waals surface area contributed by atoms with Crippen LogP contribution in [0.5, 0.6) is 5.75 Å². The molecule has 3 aromatic rings. The zero-order chi connectivity index (χ0) is 21.3. The minimum Gasteiger partial charge on any atom is -0.488 e. The quantitative estimate of drug-likeness (QED) is 0.598. The van der Waals surface area contributed by atoms with E-state index < -0.39 is 23.7 Å². The van der Waals surface area contributed by atoms with E-state index >= 15 is 0 Å². The molecule has 11 heteroatoms. The molecular formula is C19H14F4N4O3. The van der Waals surface area contributed by atoms with Crippen molar-refractivity contribution >= 4 is 5.91 Å². The first-order valence-corrected chi connectivity index (χ1v) is 8.88. The van der Waals surface area contributed by atoms with Crippen LogP contribution in [0.2, 0.25) is 0 Å². The summed E-state index contributed by atoms with van der Waals surface area (Å²) in [6.07, 6.45) is -1.54. The number of aromatic nitrogens is 3. The molecule has 1 atom stereocenters. The first-order valence-electron chi connectivity index (χ1n) is 8.88. The highest BCUT2D eigenvalue weighted by Gasteiger charge is 2.38. The van der Waals surface area contributed by atoms with Gasteiger partial charge in [0.05, 0.1) is 12.1 Å². The number of pyridine rings is 1. The molecule has 2 aromatic heterocycles. The maximum atomic E-state index is 14.4. The van der Waals surface area contributed by atoms with Crippen molar-refractivity contribution in [2.75, 3.05) is 13.1 Å². The summed E-state index contributed by atoms with van der Waals surface area (Å²) >= 11 is 0. The Morgan fingerprint density at radius 1 is 1.20 bits per heavy atom. The van der Waals surface area contributed by atoms with Gasteiger partial charge in [-0.2, -0.15) is 18.2 Å². The number of alkyl halides is 3. The third kappa shape index (κ3) is 4.09. The van der Waals surface area contributed by atoms with Crippen molar-refractivity contribution in [1.82, 2.24) is 20.0 Å². The van der Waals surface area contributed by atoms with E-state index in [0.29, 0.717) is 25.1 Å². The SMILES string of the molecule is O=C(c1ccncc1)N1CC[C@@H](Oc2ccc(-c3noc(C(F)(F)F)n3)c(F)c2)C1. The second-order valence-electron chi connectivity index (χ2n) is 6.58. The molecule has 1 aliphatic rings. The number of amides is 1. The zero-order valence-corrected chi connectivity index (χ0v) is 15.3. The first kappa shape index (κ1) is 19.8. The van der Waals surface area contributed by atoms with E-state index in [1.54, 1.807) is 17.0 Å². The molecule has 156 valence electrons. The van der Waals surface area contributed by atoms with Gasteiger partial charge in [0.25, 0.3) is 5.91 Å². The van der Waals surface area contributed by atoms with Gasteiger partial charge in [0.1, 0.15) is 17.7 Å². The summed E-state index contributed by atoms with van der Waals surface area (Å²) < 4.78 is 61.9. The Hall–Kier alpha value is -3.50. The number of carbonyl (C=O) groups excluding carboxylic acids is 1. The lowest BCUT2D eigenvalue weighted by Crippen LogP contribution is -2.30. The predicted molar refractivity (Wildman–Crippen MR) is 93.9 cm³/mol. The van der Waals surface area contributed by atoms with Crippen LogP contribution in [0.4, 0.5) is 17.6 Å². The molecule has 7 nitrogen and oxygen atoms in total. The number of ether oxygens (including phenoxy) is 1. The number of rotatable bonds is 4. The summed E-state index contributed by atoms with van der Waals surface area (Å²) in [5.41, 5.74) is 0.266. The highest BCUT2D eigenvalue weighted by Crippen LogP contribution is 2.31. The Bertz CT molecular complexity index is 1060. The molecule has 1 aliphatic heterocycles. The molecule has 0 bridgehead atoms. The van der Waals surface area contributed by atoms with Crippen molar-refractivity contribution < 1.29 is 31.6 Å². The van der Waals surface area contributed by atoms with Crippen LogP contribution in [0.3, 0.4) is 0 Å². The molecule has 1 aromatic carbocycles. The second-order valence-corrected chi connectivity index (χ2v) is 6.58. The van der Waals surface area contributed by atoms with E-state index in [2.05, 4.69) is 19.6 Å². The van der Waals surface area contributed by atoms with Crippen molar-refractivity contribution in [2.45, 2.75) is 18.7 Å². The van der Waals surface area contributed by atoms with Crippen molar-refractivity contribution in [3.8, 4) is 17.1 Å². The number of halogens is 4. The van der Waals surface area contributed by atoms with Gasteiger partial charge in [0.2, 0.25) is 5.82 Å². The fourth-order valence-electron chi connectivity index (χ4n) is 3.08. The molecule has 0 N–H and O–H groups in total. The monoisotopic (exact) mass is 422 g/mol. The second kappa shape index (κ2) is 7.73. The van der Waals surface area contributed by atoms with Crippen LogP contribution in [0, 0.1) is 5.82 Å². The first-order chi connectivity index (χ1) is 14.3. The van der Waals surface area contributed by atoms with Crippen LogP contribution in [-0.2, 0) is 6.18 Å². The molecule has 1 amide bonds. The fourth-order valence-corrected chi connectivity index (χ4v) is 3.08. The van der Waals surface area contributed by atoms with E-state index in [9.17, 15) is 22.4 Å². The lowest BCUT2D eigenvalue weighted by Gasteiger charge is -2.17. The van der Waals surface area contributed by atoms with Crippen LogP contribution in [0.25, 0.3) is 11.4 Å². The van der Waals surface area contributed by atoms with Crippen LogP contribution in [0.15, 0.2) is 47.2 Å². The van der Waals surface area contributed by atoms with Crippen molar-refractivity contribution in [3.05, 3.63) is 60.0 Å². The van der Waals surface area contributed by atoms with Gasteiger partial charge < -0.3 is 14.2 Å². The molecule has 0 spiro atoms. The third-order valence-electron chi connectivity index (χ3n) is 4.51. The van der Waals surface area contributed by atoms with E-state index in [0.717, 1.165) is 6.07 Å². The van der Waals surface area contributed by atoms with E-state index in [1.165, 1.54) is 24.5 Å². The summed E-state index contributed by atoms with van der Waals surface area (Å²) in [4.78, 5) is 21.1. The number of likely N-dealkylation sites (tertiary alicyclic amines) is 1. The molecule has 1 fully saturated rings. The minimum absolute atomic E-state index is 0.150. The lowest BCUT2D eigenvalue weighted by molar-refractivity contribution is -0.159. The summed E-state index contributed by atoms with van der Waals surface area (Å²) in [6.45, 7) is 0.805. The molecular weight excluding hydrogens is 408 g/mol. The Kier molecular flexibility index (Phi) is 5.10. The molecule has 0 saturated carbocycles. The number of benzene rings is 1. The summed E-state index contributed by atoms with van der Waals surface area (Å²) in [6, 6.07) is 6.88. The van der Waals surface area contributed by atoms with Gasteiger partial charge in [-0.25, -0.2) is 4.39 Å². The fraction of sp³-hybridized carbons (Fsp3) is 0.263. The standard InChI is InChI=1S/C19H14F4N4O3/c20-15-9-12(1-2-14(15)16-25-18(30-26-16)19(21,22)23)29-13-5-8-27(10-13)17(28)11-3-6-24-7-4-11/h1-4,6-7,9,13H,5,8,10H2/t13-/m1/s1.